The highest BCUT2D eigenvalue weighted by atomic mass is 79.9. The van der Waals surface area contributed by atoms with E-state index >= 15 is 0 Å². The second kappa shape index (κ2) is 5.35. The summed E-state index contributed by atoms with van der Waals surface area (Å²) in [5, 5.41) is 8.94. The monoisotopic (exact) mass is 337 g/mol. The molecule has 1 aromatic rings. The fourth-order valence-corrected chi connectivity index (χ4v) is 2.07. The fourth-order valence-electron chi connectivity index (χ4n) is 1.77. The summed E-state index contributed by atoms with van der Waals surface area (Å²) in [6, 6.07) is 0. The zero-order chi connectivity index (χ0) is 14.2. The van der Waals surface area contributed by atoms with Crippen LogP contribution in [-0.2, 0) is 4.74 Å². The van der Waals surface area contributed by atoms with Crippen molar-refractivity contribution in [1.29, 1.82) is 0 Å². The molecule has 2 heterocycles. The summed E-state index contributed by atoms with van der Waals surface area (Å²) in [7, 11) is 0. The molecule has 9 heteroatoms. The van der Waals surface area contributed by atoms with Crippen molar-refractivity contribution in [1.82, 2.24) is 9.55 Å². The van der Waals surface area contributed by atoms with Crippen molar-refractivity contribution in [2.75, 3.05) is 12.3 Å². The Hall–Kier alpha value is -1.32. The highest BCUT2D eigenvalue weighted by molar-refractivity contribution is 9.10. The average molecular weight is 338 g/mol. The second-order valence-corrected chi connectivity index (χ2v) is 4.74. The van der Waals surface area contributed by atoms with E-state index in [2.05, 4.69) is 20.9 Å². The van der Waals surface area contributed by atoms with Crippen LogP contribution < -0.4 is 11.4 Å². The van der Waals surface area contributed by atoms with Crippen molar-refractivity contribution < 1.29 is 18.6 Å². The lowest BCUT2D eigenvalue weighted by molar-refractivity contribution is -0.0322. The smallest absolute Gasteiger partial charge is 0.351 e. The minimum Gasteiger partial charge on any atom is -0.394 e. The molecule has 0 radical (unpaired) electrons. The Morgan fingerprint density at radius 3 is 2.95 bits per heavy atom. The molecule has 2 rings (SSSR count). The summed E-state index contributed by atoms with van der Waals surface area (Å²) in [5.74, 6) is -0.0412. The van der Waals surface area contributed by atoms with Crippen molar-refractivity contribution in [3.05, 3.63) is 33.1 Å². The van der Waals surface area contributed by atoms with Gasteiger partial charge in [-0.3, -0.25) is 4.57 Å². The van der Waals surface area contributed by atoms with E-state index in [1.807, 2.05) is 0 Å². The second-order valence-electron chi connectivity index (χ2n) is 3.88. The average Bonchev–Trinajstić information content (AvgIpc) is 2.70. The number of hydrogen-bond acceptors (Lipinski definition) is 5. The number of ether oxygens (including phenoxy) is 1. The predicted octanol–water partition coefficient (Wildman–Crippen LogP) is 0.669. The highest BCUT2D eigenvalue weighted by Crippen LogP contribution is 2.36. The van der Waals surface area contributed by atoms with Gasteiger partial charge in [0.25, 0.3) is 0 Å². The van der Waals surface area contributed by atoms with E-state index in [0.29, 0.717) is 0 Å². The molecular weight excluding hydrogens is 328 g/mol. The van der Waals surface area contributed by atoms with Gasteiger partial charge in [0, 0.05) is 11.8 Å². The molecule has 1 fully saturated rings. The quantitative estimate of drug-likeness (QED) is 0.827. The normalized spacial score (nSPS) is 29.1. The van der Waals surface area contributed by atoms with Gasteiger partial charge in [-0.25, -0.2) is 13.6 Å². The summed E-state index contributed by atoms with van der Waals surface area (Å²) >= 11 is 3.06. The Bertz CT molecular complexity index is 578. The van der Waals surface area contributed by atoms with Gasteiger partial charge in [-0.15, -0.1) is 0 Å². The van der Waals surface area contributed by atoms with Crippen LogP contribution >= 0.6 is 15.9 Å². The van der Waals surface area contributed by atoms with E-state index in [1.165, 1.54) is 6.20 Å². The summed E-state index contributed by atoms with van der Waals surface area (Å²) in [5.41, 5.74) is 4.22. The molecule has 104 valence electrons. The van der Waals surface area contributed by atoms with Crippen LogP contribution in [0.5, 0.6) is 0 Å². The topological polar surface area (TPSA) is 90.4 Å². The zero-order valence-electron chi connectivity index (χ0n) is 9.46. The fraction of sp³-hybridized carbons (Fsp3) is 0.400. The van der Waals surface area contributed by atoms with E-state index in [-0.39, 0.29) is 22.2 Å². The molecule has 3 unspecified atom stereocenters. The van der Waals surface area contributed by atoms with Crippen molar-refractivity contribution in [2.45, 2.75) is 18.5 Å². The molecule has 6 nitrogen and oxygen atoms in total. The number of alkyl halides is 1. The number of aliphatic hydroxyl groups is 1. The van der Waals surface area contributed by atoms with Gasteiger partial charge in [-0.2, -0.15) is 4.98 Å². The number of hydrogen-bond donors (Lipinski definition) is 2. The number of halogens is 3. The van der Waals surface area contributed by atoms with E-state index in [9.17, 15) is 13.6 Å². The number of aliphatic hydroxyl groups excluding tert-OH is 1. The Morgan fingerprint density at radius 1 is 1.68 bits per heavy atom. The summed E-state index contributed by atoms with van der Waals surface area (Å²) in [6.07, 6.45) is -3.10. The Balaban J connectivity index is 2.47. The van der Waals surface area contributed by atoms with Gasteiger partial charge in [-0.1, -0.05) is 0 Å². The molecule has 3 atom stereocenters. The highest BCUT2D eigenvalue weighted by Gasteiger charge is 2.41. The third-order valence-corrected chi connectivity index (χ3v) is 3.34. The molecule has 1 aromatic heterocycles. The van der Waals surface area contributed by atoms with E-state index in [0.717, 1.165) is 4.57 Å². The van der Waals surface area contributed by atoms with Crippen LogP contribution in [-0.4, -0.2) is 33.5 Å². The van der Waals surface area contributed by atoms with Gasteiger partial charge in [0.2, 0.25) is 0 Å². The molecule has 0 aromatic carbocycles. The van der Waals surface area contributed by atoms with Gasteiger partial charge >= 0.3 is 5.69 Å². The van der Waals surface area contributed by atoms with Gasteiger partial charge in [0.05, 0.1) is 17.4 Å². The number of nitrogens with two attached hydrogens (primary N) is 1. The molecular formula is C10H10BrF2N3O3. The van der Waals surface area contributed by atoms with Crippen molar-refractivity contribution in [2.24, 2.45) is 0 Å². The van der Waals surface area contributed by atoms with Crippen LogP contribution in [0.3, 0.4) is 0 Å². The van der Waals surface area contributed by atoms with Crippen LogP contribution in [0.25, 0.3) is 0 Å². The molecule has 0 amide bonds. The van der Waals surface area contributed by atoms with Crippen LogP contribution in [0.4, 0.5) is 14.6 Å². The van der Waals surface area contributed by atoms with Crippen LogP contribution in [0.1, 0.15) is 6.23 Å². The predicted molar refractivity (Wildman–Crippen MR) is 65.7 cm³/mol. The molecule has 0 spiro atoms. The largest absolute Gasteiger partial charge is 0.394 e. The van der Waals surface area contributed by atoms with Gasteiger partial charge in [0.15, 0.2) is 12.4 Å². The van der Waals surface area contributed by atoms with Gasteiger partial charge in [-0.05, 0) is 15.9 Å². The Kier molecular flexibility index (Phi) is 3.97. The minimum atomic E-state index is -1.83. The molecule has 19 heavy (non-hydrogen) atoms. The molecule has 1 saturated heterocycles. The summed E-state index contributed by atoms with van der Waals surface area (Å²) in [4.78, 5) is 15.2. The number of nitrogen functional groups attached to an aromatic ring is 1. The third-order valence-electron chi connectivity index (χ3n) is 2.73. The SMILES string of the molecule is Nc1nc(=O)n(C2OC(CO)C(F)/C2=C\F)cc1Br. The van der Waals surface area contributed by atoms with Crippen LogP contribution in [0.2, 0.25) is 0 Å². The summed E-state index contributed by atoms with van der Waals surface area (Å²) < 4.78 is 32.8. The van der Waals surface area contributed by atoms with Gasteiger partial charge < -0.3 is 15.6 Å². The minimum absolute atomic E-state index is 0.0295. The number of nitrogens with zero attached hydrogens (tertiary/aromatic N) is 2. The lowest BCUT2D eigenvalue weighted by Crippen LogP contribution is -2.28. The zero-order valence-corrected chi connectivity index (χ0v) is 11.0. The molecule has 0 bridgehead atoms. The van der Waals surface area contributed by atoms with E-state index in [4.69, 9.17) is 15.6 Å². The first-order valence-corrected chi connectivity index (χ1v) is 6.03. The first-order valence-electron chi connectivity index (χ1n) is 5.24. The van der Waals surface area contributed by atoms with Crippen LogP contribution in [0.15, 0.2) is 27.4 Å². The Labute approximate surface area is 114 Å². The van der Waals surface area contributed by atoms with E-state index in [1.54, 1.807) is 0 Å². The third kappa shape index (κ3) is 2.40. The van der Waals surface area contributed by atoms with Crippen LogP contribution in [0, 0.1) is 0 Å². The van der Waals surface area contributed by atoms with Crippen molar-refractivity contribution >= 4 is 21.7 Å². The summed E-state index contributed by atoms with van der Waals surface area (Å²) in [6.45, 7) is -0.632. The lowest BCUT2D eigenvalue weighted by Gasteiger charge is -2.15. The number of aromatic nitrogens is 2. The maximum Gasteiger partial charge on any atom is 0.351 e. The van der Waals surface area contributed by atoms with Crippen molar-refractivity contribution in [3.8, 4) is 0 Å². The molecule has 1 aliphatic rings. The molecule has 1 aliphatic heterocycles. The Morgan fingerprint density at radius 2 is 2.37 bits per heavy atom. The molecule has 0 saturated carbocycles. The maximum atomic E-state index is 13.7. The van der Waals surface area contributed by atoms with E-state index < -0.39 is 30.8 Å². The number of rotatable bonds is 2. The molecule has 0 aliphatic carbocycles. The number of anilines is 1. The van der Waals surface area contributed by atoms with Crippen molar-refractivity contribution in [3.63, 3.8) is 0 Å². The first kappa shape index (κ1) is 14.1. The van der Waals surface area contributed by atoms with Gasteiger partial charge in [0.1, 0.15) is 11.9 Å². The maximum absolute atomic E-state index is 13.7. The first-order chi connectivity index (χ1) is 8.99. The lowest BCUT2D eigenvalue weighted by atomic mass is 10.1. The molecule has 3 N–H and O–H groups in total. The standard InChI is InChI=1S/C10H10BrF2N3O3/c11-5-2-16(10(18)15-8(5)14)9-4(1-12)7(13)6(3-17)19-9/h1-2,6-7,9,17H,3H2,(H2,14,15,18)/b4-1+.